The molecule has 1 N–H and O–H groups in total. The Labute approximate surface area is 109 Å². The zero-order chi connectivity index (χ0) is 14.2. The van der Waals surface area contributed by atoms with Crippen LogP contribution in [0.3, 0.4) is 0 Å². The van der Waals surface area contributed by atoms with Crippen molar-refractivity contribution in [3.05, 3.63) is 29.7 Å². The molecule has 0 fully saturated rings. The van der Waals surface area contributed by atoms with Gasteiger partial charge in [-0.3, -0.25) is 0 Å². The van der Waals surface area contributed by atoms with Crippen molar-refractivity contribution in [3.8, 4) is 0 Å². The Balaban J connectivity index is 2.69. The second kappa shape index (κ2) is 4.65. The largest absolute Gasteiger partial charge is 0.461 e. The van der Waals surface area contributed by atoms with E-state index in [2.05, 4.69) is 4.98 Å². The molecule has 0 bridgehead atoms. The second-order valence-electron chi connectivity index (χ2n) is 4.04. The minimum atomic E-state index is -3.60. The molecule has 102 valence electrons. The van der Waals surface area contributed by atoms with E-state index in [1.54, 1.807) is 6.92 Å². The predicted octanol–water partition coefficient (Wildman–Crippen LogP) is 1.89. The number of hydrogen-bond donors (Lipinski definition) is 1. The summed E-state index contributed by atoms with van der Waals surface area (Å²) in [5.41, 5.74) is 0.291. The van der Waals surface area contributed by atoms with Crippen molar-refractivity contribution >= 4 is 26.7 Å². The van der Waals surface area contributed by atoms with E-state index in [9.17, 15) is 17.6 Å². The van der Waals surface area contributed by atoms with Crippen molar-refractivity contribution in [2.24, 2.45) is 0 Å². The molecule has 19 heavy (non-hydrogen) atoms. The number of fused-ring (bicyclic) bond motifs is 1. The first kappa shape index (κ1) is 13.5. The van der Waals surface area contributed by atoms with Gasteiger partial charge in [-0.2, -0.15) is 0 Å². The molecule has 0 aliphatic rings. The molecule has 1 heterocycles. The molecule has 0 saturated heterocycles. The number of carbonyl (C=O) groups is 1. The maximum absolute atomic E-state index is 13.4. The number of sulfone groups is 1. The van der Waals surface area contributed by atoms with Crippen LogP contribution >= 0.6 is 0 Å². The number of aromatic nitrogens is 1. The minimum absolute atomic E-state index is 0.0901. The fraction of sp³-hybridized carbons (Fsp3) is 0.250. The zero-order valence-corrected chi connectivity index (χ0v) is 11.2. The number of ether oxygens (including phenoxy) is 1. The first-order chi connectivity index (χ1) is 8.82. The van der Waals surface area contributed by atoms with Gasteiger partial charge in [-0.25, -0.2) is 17.6 Å². The van der Waals surface area contributed by atoms with Gasteiger partial charge in [0.25, 0.3) is 0 Å². The zero-order valence-electron chi connectivity index (χ0n) is 10.4. The van der Waals surface area contributed by atoms with E-state index in [0.29, 0.717) is 5.39 Å². The smallest absolute Gasteiger partial charge is 0.354 e. The molecule has 0 unspecified atom stereocenters. The van der Waals surface area contributed by atoms with Gasteiger partial charge in [0.05, 0.1) is 17.0 Å². The lowest BCUT2D eigenvalue weighted by atomic mass is 10.2. The van der Waals surface area contributed by atoms with Crippen LogP contribution in [0.15, 0.2) is 23.1 Å². The third kappa shape index (κ3) is 2.60. The van der Waals surface area contributed by atoms with Crippen molar-refractivity contribution in [1.29, 1.82) is 0 Å². The summed E-state index contributed by atoms with van der Waals surface area (Å²) in [4.78, 5) is 14.0. The first-order valence-electron chi connectivity index (χ1n) is 5.52. The van der Waals surface area contributed by atoms with E-state index in [1.807, 2.05) is 0 Å². The summed E-state index contributed by atoms with van der Waals surface area (Å²) in [6, 6.07) is 3.44. The highest BCUT2D eigenvalue weighted by molar-refractivity contribution is 7.91. The van der Waals surface area contributed by atoms with Gasteiger partial charge >= 0.3 is 5.97 Å². The molecule has 0 atom stereocenters. The Morgan fingerprint density at radius 2 is 2.05 bits per heavy atom. The maximum atomic E-state index is 13.4. The van der Waals surface area contributed by atoms with Crippen molar-refractivity contribution < 1.29 is 22.3 Å². The number of hydrogen-bond acceptors (Lipinski definition) is 4. The van der Waals surface area contributed by atoms with Gasteiger partial charge in [0.1, 0.15) is 11.5 Å². The highest BCUT2D eigenvalue weighted by atomic mass is 32.2. The Bertz CT molecular complexity index is 748. The maximum Gasteiger partial charge on any atom is 0.354 e. The lowest BCUT2D eigenvalue weighted by Crippen LogP contribution is -2.04. The van der Waals surface area contributed by atoms with Crippen LogP contribution in [0.4, 0.5) is 4.39 Å². The van der Waals surface area contributed by atoms with E-state index in [4.69, 9.17) is 4.74 Å². The summed E-state index contributed by atoms with van der Waals surface area (Å²) in [6.07, 6.45) is 0.978. The van der Waals surface area contributed by atoms with Crippen LogP contribution in [0.25, 0.3) is 10.9 Å². The summed E-state index contributed by atoms with van der Waals surface area (Å²) < 4.78 is 41.4. The first-order valence-corrected chi connectivity index (χ1v) is 7.41. The second-order valence-corrected chi connectivity index (χ2v) is 6.03. The van der Waals surface area contributed by atoms with E-state index in [-0.39, 0.29) is 22.7 Å². The fourth-order valence-electron chi connectivity index (χ4n) is 1.79. The number of rotatable bonds is 3. The average molecular weight is 285 g/mol. The predicted molar refractivity (Wildman–Crippen MR) is 67.3 cm³/mol. The number of H-pyrrole nitrogens is 1. The molecule has 0 spiro atoms. The Morgan fingerprint density at radius 1 is 1.37 bits per heavy atom. The fourth-order valence-corrected chi connectivity index (χ4v) is 2.65. The van der Waals surface area contributed by atoms with Crippen LogP contribution in [-0.4, -0.2) is 32.2 Å². The highest BCUT2D eigenvalue weighted by Crippen LogP contribution is 2.25. The van der Waals surface area contributed by atoms with Gasteiger partial charge in [-0.1, -0.05) is 0 Å². The van der Waals surface area contributed by atoms with E-state index in [0.717, 1.165) is 18.4 Å². The van der Waals surface area contributed by atoms with Crippen molar-refractivity contribution in [2.45, 2.75) is 11.8 Å². The van der Waals surface area contributed by atoms with Crippen LogP contribution in [-0.2, 0) is 14.6 Å². The molecule has 2 rings (SSSR count). The number of benzene rings is 1. The van der Waals surface area contributed by atoms with Crippen LogP contribution in [0.1, 0.15) is 17.4 Å². The molecular formula is C12H12FNO4S. The third-order valence-electron chi connectivity index (χ3n) is 2.55. The molecule has 1 aromatic heterocycles. The van der Waals surface area contributed by atoms with Gasteiger partial charge in [0.2, 0.25) is 0 Å². The van der Waals surface area contributed by atoms with E-state index < -0.39 is 21.6 Å². The molecule has 7 heteroatoms. The summed E-state index contributed by atoms with van der Waals surface area (Å²) in [7, 11) is -3.60. The number of carbonyl (C=O) groups excluding carboxylic acids is 1. The highest BCUT2D eigenvalue weighted by Gasteiger charge is 2.18. The molecule has 5 nitrogen and oxygen atoms in total. The number of aromatic amines is 1. The molecule has 0 aliphatic carbocycles. The Hall–Kier alpha value is -1.89. The van der Waals surface area contributed by atoms with Gasteiger partial charge in [0, 0.05) is 11.6 Å². The molecule has 0 amide bonds. The lowest BCUT2D eigenvalue weighted by Gasteiger charge is -2.01. The summed E-state index contributed by atoms with van der Waals surface area (Å²) in [6.45, 7) is 1.85. The topological polar surface area (TPSA) is 76.2 Å². The minimum Gasteiger partial charge on any atom is -0.461 e. The molecule has 0 radical (unpaired) electrons. The van der Waals surface area contributed by atoms with E-state index >= 15 is 0 Å². The van der Waals surface area contributed by atoms with Crippen molar-refractivity contribution in [1.82, 2.24) is 4.98 Å². The van der Waals surface area contributed by atoms with E-state index in [1.165, 1.54) is 6.07 Å². The Morgan fingerprint density at radius 3 is 2.63 bits per heavy atom. The Kier molecular flexibility index (Phi) is 3.32. The number of nitrogens with one attached hydrogen (secondary N) is 1. The average Bonchev–Trinajstić information content (AvgIpc) is 2.70. The van der Waals surface area contributed by atoms with Gasteiger partial charge in [-0.05, 0) is 25.1 Å². The number of halogens is 1. The monoisotopic (exact) mass is 285 g/mol. The SMILES string of the molecule is CCOC(=O)c1cc2cc(F)cc(S(C)(=O)=O)c2[nH]1. The van der Waals surface area contributed by atoms with Gasteiger partial charge in [-0.15, -0.1) is 0 Å². The van der Waals surface area contributed by atoms with Crippen molar-refractivity contribution in [3.63, 3.8) is 0 Å². The molecule has 1 aromatic carbocycles. The van der Waals surface area contributed by atoms with Crippen molar-refractivity contribution in [2.75, 3.05) is 12.9 Å². The van der Waals surface area contributed by atoms with Crippen LogP contribution < -0.4 is 0 Å². The number of esters is 1. The standard InChI is InChI=1S/C12H12FNO4S/c1-3-18-12(15)9-5-7-4-8(13)6-10(11(7)14-9)19(2,16)17/h4-6,14H,3H2,1-2H3. The van der Waals surface area contributed by atoms with Gasteiger partial charge < -0.3 is 9.72 Å². The summed E-state index contributed by atoms with van der Waals surface area (Å²) >= 11 is 0. The molecule has 0 saturated carbocycles. The summed E-state index contributed by atoms with van der Waals surface area (Å²) in [5, 5.41) is 0.309. The van der Waals surface area contributed by atoms with Gasteiger partial charge in [0.15, 0.2) is 9.84 Å². The molecule has 2 aromatic rings. The van der Waals surface area contributed by atoms with Crippen LogP contribution in [0, 0.1) is 5.82 Å². The lowest BCUT2D eigenvalue weighted by molar-refractivity contribution is 0.0520. The quantitative estimate of drug-likeness (QED) is 0.874. The molecular weight excluding hydrogens is 273 g/mol. The molecule has 0 aliphatic heterocycles. The summed E-state index contributed by atoms with van der Waals surface area (Å²) in [5.74, 6) is -1.29. The van der Waals surface area contributed by atoms with Crippen LogP contribution in [0.2, 0.25) is 0 Å². The normalized spacial score (nSPS) is 11.7. The van der Waals surface area contributed by atoms with Crippen LogP contribution in [0.5, 0.6) is 0 Å². The third-order valence-corrected chi connectivity index (χ3v) is 3.67.